The van der Waals surface area contributed by atoms with Crippen LogP contribution in [0.4, 0.5) is 14.6 Å². The molecule has 2 aromatic heterocycles. The minimum Gasteiger partial charge on any atom is -0.367 e. The molecule has 1 aliphatic carbocycles. The van der Waals surface area contributed by atoms with Gasteiger partial charge in [-0.15, -0.1) is 0 Å². The molecule has 0 saturated heterocycles. The summed E-state index contributed by atoms with van der Waals surface area (Å²) in [4.78, 5) is 8.26. The Morgan fingerprint density at radius 3 is 2.69 bits per heavy atom. The van der Waals surface area contributed by atoms with E-state index < -0.39 is 11.6 Å². The van der Waals surface area contributed by atoms with Crippen molar-refractivity contribution in [2.24, 2.45) is 0 Å². The van der Waals surface area contributed by atoms with Gasteiger partial charge in [0.25, 0.3) is 5.78 Å². The van der Waals surface area contributed by atoms with E-state index in [1.165, 1.54) is 24.2 Å². The zero-order valence-electron chi connectivity index (χ0n) is 14.3. The Balaban J connectivity index is 1.91. The third-order valence-corrected chi connectivity index (χ3v) is 5.12. The molecule has 1 aromatic carbocycles. The molecule has 0 aliphatic heterocycles. The average Bonchev–Trinajstić information content (AvgIpc) is 3.08. The van der Waals surface area contributed by atoms with Crippen molar-refractivity contribution in [1.82, 2.24) is 19.6 Å². The summed E-state index contributed by atoms with van der Waals surface area (Å²) >= 11 is 6.36. The Bertz CT molecular complexity index is 966. The molecular weight excluding hydrogens is 360 g/mol. The first-order chi connectivity index (χ1) is 12.5. The monoisotopic (exact) mass is 377 g/mol. The number of anilines is 1. The van der Waals surface area contributed by atoms with Crippen molar-refractivity contribution < 1.29 is 8.78 Å². The van der Waals surface area contributed by atoms with Crippen LogP contribution < -0.4 is 5.32 Å². The lowest BCUT2D eigenvalue weighted by atomic mass is 9.95. The van der Waals surface area contributed by atoms with Crippen LogP contribution in [0, 0.1) is 18.6 Å². The largest absolute Gasteiger partial charge is 0.367 e. The smallest absolute Gasteiger partial charge is 0.255 e. The second-order valence-electron chi connectivity index (χ2n) is 6.66. The molecule has 0 amide bonds. The molecule has 3 aromatic rings. The van der Waals surface area contributed by atoms with E-state index in [9.17, 15) is 8.78 Å². The SMILES string of the molecule is Cc1cc(F)c(-c2c(Cl)nc3ncnn3c2NC2CCCCC2)cc1F. The molecule has 2 heterocycles. The molecular formula is C18H18ClF2N5. The lowest BCUT2D eigenvalue weighted by Crippen LogP contribution is -2.24. The van der Waals surface area contributed by atoms with Crippen LogP contribution in [0.2, 0.25) is 5.15 Å². The molecule has 0 radical (unpaired) electrons. The number of benzene rings is 1. The molecule has 0 bridgehead atoms. The van der Waals surface area contributed by atoms with Gasteiger partial charge < -0.3 is 5.32 Å². The van der Waals surface area contributed by atoms with Crippen LogP contribution in [0.15, 0.2) is 18.5 Å². The molecule has 4 rings (SSSR count). The van der Waals surface area contributed by atoms with Crippen LogP contribution in [0.5, 0.6) is 0 Å². The molecule has 1 aliphatic rings. The number of aromatic nitrogens is 4. The fraction of sp³-hybridized carbons (Fsp3) is 0.389. The number of rotatable bonds is 3. The zero-order chi connectivity index (χ0) is 18.3. The summed E-state index contributed by atoms with van der Waals surface area (Å²) in [7, 11) is 0. The first-order valence-electron chi connectivity index (χ1n) is 8.66. The van der Waals surface area contributed by atoms with Gasteiger partial charge in [0.1, 0.15) is 28.9 Å². The molecule has 0 spiro atoms. The highest BCUT2D eigenvalue weighted by Crippen LogP contribution is 2.37. The molecule has 5 nitrogen and oxygen atoms in total. The molecule has 0 atom stereocenters. The summed E-state index contributed by atoms with van der Waals surface area (Å²) in [5, 5.41) is 7.67. The summed E-state index contributed by atoms with van der Waals surface area (Å²) in [6, 6.07) is 2.53. The van der Waals surface area contributed by atoms with Crippen LogP contribution in [0.1, 0.15) is 37.7 Å². The minimum atomic E-state index is -0.557. The van der Waals surface area contributed by atoms with E-state index in [1.807, 2.05) is 0 Å². The van der Waals surface area contributed by atoms with E-state index >= 15 is 0 Å². The number of nitrogens with one attached hydrogen (secondary N) is 1. The molecule has 1 saturated carbocycles. The second-order valence-corrected chi connectivity index (χ2v) is 7.02. The van der Waals surface area contributed by atoms with Gasteiger partial charge in [0, 0.05) is 11.6 Å². The zero-order valence-corrected chi connectivity index (χ0v) is 15.0. The van der Waals surface area contributed by atoms with Crippen LogP contribution >= 0.6 is 11.6 Å². The van der Waals surface area contributed by atoms with Crippen LogP contribution in [-0.2, 0) is 0 Å². The van der Waals surface area contributed by atoms with Gasteiger partial charge >= 0.3 is 0 Å². The highest BCUT2D eigenvalue weighted by Gasteiger charge is 2.24. The second kappa shape index (κ2) is 6.79. The Morgan fingerprint density at radius 1 is 1.15 bits per heavy atom. The summed E-state index contributed by atoms with van der Waals surface area (Å²) < 4.78 is 30.3. The number of nitrogens with zero attached hydrogens (tertiary/aromatic N) is 4. The maximum atomic E-state index is 14.7. The first kappa shape index (κ1) is 17.1. The number of aryl methyl sites for hydroxylation is 1. The normalized spacial score (nSPS) is 15.5. The highest BCUT2D eigenvalue weighted by atomic mass is 35.5. The lowest BCUT2D eigenvalue weighted by Gasteiger charge is -2.25. The average molecular weight is 378 g/mol. The Hall–Kier alpha value is -2.28. The number of hydrogen-bond donors (Lipinski definition) is 1. The van der Waals surface area contributed by atoms with Gasteiger partial charge in [-0.3, -0.25) is 0 Å². The third-order valence-electron chi connectivity index (χ3n) is 4.85. The predicted octanol–water partition coefficient (Wildman–Crippen LogP) is 4.78. The van der Waals surface area contributed by atoms with Gasteiger partial charge in [0.2, 0.25) is 0 Å². The molecule has 0 unspecified atom stereocenters. The van der Waals surface area contributed by atoms with Crippen LogP contribution in [0.3, 0.4) is 0 Å². The van der Waals surface area contributed by atoms with Gasteiger partial charge in [-0.2, -0.15) is 19.6 Å². The molecule has 1 fully saturated rings. The van der Waals surface area contributed by atoms with E-state index in [4.69, 9.17) is 11.6 Å². The first-order valence-corrected chi connectivity index (χ1v) is 9.04. The van der Waals surface area contributed by atoms with Crippen molar-refractivity contribution in [3.63, 3.8) is 0 Å². The fourth-order valence-corrected chi connectivity index (χ4v) is 3.73. The number of fused-ring (bicyclic) bond motifs is 1. The maximum Gasteiger partial charge on any atom is 0.255 e. The van der Waals surface area contributed by atoms with E-state index in [1.54, 1.807) is 0 Å². The van der Waals surface area contributed by atoms with Gasteiger partial charge in [-0.1, -0.05) is 30.9 Å². The third kappa shape index (κ3) is 3.00. The van der Waals surface area contributed by atoms with E-state index in [0.29, 0.717) is 17.2 Å². The standard InChI is InChI=1S/C18H18ClF2N5/c1-10-7-14(21)12(8-13(10)20)15-16(19)25-18-22-9-23-26(18)17(15)24-11-5-3-2-4-6-11/h7-9,11,24H,2-6H2,1H3. The molecule has 1 N–H and O–H groups in total. The van der Waals surface area contributed by atoms with Crippen molar-refractivity contribution in [1.29, 1.82) is 0 Å². The molecule has 26 heavy (non-hydrogen) atoms. The highest BCUT2D eigenvalue weighted by molar-refractivity contribution is 6.33. The molecule has 8 heteroatoms. The van der Waals surface area contributed by atoms with Gasteiger partial charge in [-0.25, -0.2) is 8.78 Å². The predicted molar refractivity (Wildman–Crippen MR) is 96.4 cm³/mol. The summed E-state index contributed by atoms with van der Waals surface area (Å²) in [6.07, 6.45) is 6.82. The Morgan fingerprint density at radius 2 is 1.92 bits per heavy atom. The quantitative estimate of drug-likeness (QED) is 0.667. The van der Waals surface area contributed by atoms with Crippen LogP contribution in [-0.4, -0.2) is 25.6 Å². The minimum absolute atomic E-state index is 0.0568. The summed E-state index contributed by atoms with van der Waals surface area (Å²) in [6.45, 7) is 1.52. The summed E-state index contributed by atoms with van der Waals surface area (Å²) in [5.74, 6) is -0.255. The molecule has 136 valence electrons. The van der Waals surface area contributed by atoms with Gasteiger partial charge in [-0.05, 0) is 37.5 Å². The number of hydrogen-bond acceptors (Lipinski definition) is 4. The van der Waals surface area contributed by atoms with Crippen molar-refractivity contribution >= 4 is 23.2 Å². The van der Waals surface area contributed by atoms with E-state index in [-0.39, 0.29) is 22.3 Å². The number of halogens is 3. The van der Waals surface area contributed by atoms with Crippen molar-refractivity contribution in [3.8, 4) is 11.1 Å². The van der Waals surface area contributed by atoms with E-state index in [0.717, 1.165) is 37.8 Å². The Labute approximate surface area is 154 Å². The van der Waals surface area contributed by atoms with Crippen molar-refractivity contribution in [2.45, 2.75) is 45.1 Å². The topological polar surface area (TPSA) is 55.1 Å². The Kier molecular flexibility index (Phi) is 4.48. The maximum absolute atomic E-state index is 14.7. The van der Waals surface area contributed by atoms with Crippen molar-refractivity contribution in [3.05, 3.63) is 40.8 Å². The summed E-state index contributed by atoms with van der Waals surface area (Å²) in [5.41, 5.74) is 0.590. The lowest BCUT2D eigenvalue weighted by molar-refractivity contribution is 0.461. The fourth-order valence-electron chi connectivity index (χ4n) is 3.47. The van der Waals surface area contributed by atoms with Gasteiger partial charge in [0.15, 0.2) is 0 Å². The van der Waals surface area contributed by atoms with Crippen LogP contribution in [0.25, 0.3) is 16.9 Å². The van der Waals surface area contributed by atoms with Gasteiger partial charge in [0.05, 0.1) is 5.56 Å². The van der Waals surface area contributed by atoms with Crippen molar-refractivity contribution in [2.75, 3.05) is 5.32 Å². The van der Waals surface area contributed by atoms with E-state index in [2.05, 4.69) is 20.4 Å².